The third-order valence-corrected chi connectivity index (χ3v) is 11.3. The van der Waals surface area contributed by atoms with E-state index in [0.717, 1.165) is 55.5 Å². The number of benzene rings is 2. The van der Waals surface area contributed by atoms with Gasteiger partial charge < -0.3 is 14.6 Å². The Hall–Kier alpha value is -2.24. The molecular weight excluding hydrogens is 496 g/mol. The van der Waals surface area contributed by atoms with Gasteiger partial charge in [0, 0.05) is 41.2 Å². The molecule has 5 atom stereocenters. The lowest BCUT2D eigenvalue weighted by Crippen LogP contribution is -2.69. The van der Waals surface area contributed by atoms with E-state index in [0.29, 0.717) is 23.8 Å². The molecule has 2 heterocycles. The quantitative estimate of drug-likeness (QED) is 0.316. The molecule has 3 aliphatic carbocycles. The molecule has 1 spiro atoms. The van der Waals surface area contributed by atoms with Crippen molar-refractivity contribution < 1.29 is 14.6 Å². The number of nitrogens with zero attached hydrogens (tertiary/aromatic N) is 2. The van der Waals surface area contributed by atoms with Gasteiger partial charge in [0.1, 0.15) is 11.9 Å². The standard InChI is InChI=1S/C35H48N2O3/c1-3-36(19-10-5-4-7-11-24-12-8-6-9-13-24)28-17-16-27-29-21-26-30(38)22-31(39-2)33-32(26)35(27,34(28)40-33)18-20-37(29)23-25-14-15-25/h6,8-9,12-13,22,25,27-29,34,38H,3-5,7,10-11,14-21,23H2,1-2H3/t27-,28-,29+,34-,35-/m0/s1. The molecule has 0 amide bonds. The van der Waals surface area contributed by atoms with Gasteiger partial charge in [-0.3, -0.25) is 9.80 Å². The fraction of sp³-hybridized carbons (Fsp3) is 0.657. The number of hydrogen-bond donors (Lipinski definition) is 1. The molecule has 2 aromatic rings. The number of likely N-dealkylation sites (tertiary alicyclic amines) is 1. The van der Waals surface area contributed by atoms with Crippen LogP contribution in [-0.4, -0.2) is 66.4 Å². The van der Waals surface area contributed by atoms with E-state index in [4.69, 9.17) is 9.47 Å². The van der Waals surface area contributed by atoms with Crippen molar-refractivity contribution in [1.82, 2.24) is 9.80 Å². The molecule has 7 rings (SSSR count). The average Bonchev–Trinajstić information content (AvgIpc) is 3.73. The van der Waals surface area contributed by atoms with Crippen molar-refractivity contribution in [2.75, 3.05) is 33.3 Å². The lowest BCUT2D eigenvalue weighted by atomic mass is 9.50. The number of aryl methyl sites for hydroxylation is 1. The summed E-state index contributed by atoms with van der Waals surface area (Å²) in [4.78, 5) is 5.55. The second-order valence-electron chi connectivity index (χ2n) is 13.3. The van der Waals surface area contributed by atoms with Crippen LogP contribution in [0.4, 0.5) is 0 Å². The van der Waals surface area contributed by atoms with Crippen LogP contribution in [0.25, 0.3) is 0 Å². The average molecular weight is 545 g/mol. The summed E-state index contributed by atoms with van der Waals surface area (Å²) >= 11 is 0. The van der Waals surface area contributed by atoms with E-state index < -0.39 is 0 Å². The molecule has 5 nitrogen and oxygen atoms in total. The van der Waals surface area contributed by atoms with Gasteiger partial charge in [0.05, 0.1) is 7.11 Å². The molecule has 5 heteroatoms. The van der Waals surface area contributed by atoms with Gasteiger partial charge in [0.25, 0.3) is 0 Å². The highest BCUT2D eigenvalue weighted by Crippen LogP contribution is 2.65. The number of phenolic OH excluding ortho intramolecular Hbond substituents is 1. The minimum Gasteiger partial charge on any atom is -0.508 e. The first-order valence-corrected chi connectivity index (χ1v) is 16.3. The molecule has 0 unspecified atom stereocenters. The van der Waals surface area contributed by atoms with Crippen molar-refractivity contribution in [2.24, 2.45) is 11.8 Å². The first-order valence-electron chi connectivity index (χ1n) is 16.3. The Labute approximate surface area is 240 Å². The Morgan fingerprint density at radius 1 is 1.07 bits per heavy atom. The van der Waals surface area contributed by atoms with Crippen molar-refractivity contribution in [3.8, 4) is 17.2 Å². The highest BCUT2D eigenvalue weighted by Gasteiger charge is 2.66. The third-order valence-electron chi connectivity index (χ3n) is 11.3. The Morgan fingerprint density at radius 3 is 2.67 bits per heavy atom. The van der Waals surface area contributed by atoms with Gasteiger partial charge in [-0.2, -0.15) is 0 Å². The maximum absolute atomic E-state index is 11.3. The number of piperidine rings is 1. The maximum Gasteiger partial charge on any atom is 0.166 e. The van der Waals surface area contributed by atoms with Crippen molar-refractivity contribution in [2.45, 2.75) is 101 Å². The number of aromatic hydroxyl groups is 1. The van der Waals surface area contributed by atoms with Crippen molar-refractivity contribution in [1.29, 1.82) is 0 Å². The van der Waals surface area contributed by atoms with Crippen molar-refractivity contribution >= 4 is 0 Å². The predicted molar refractivity (Wildman–Crippen MR) is 160 cm³/mol. The van der Waals surface area contributed by atoms with Crippen LogP contribution in [-0.2, 0) is 18.3 Å². The number of likely N-dealkylation sites (N-methyl/N-ethyl adjacent to an activating group) is 1. The number of methoxy groups -OCH3 is 1. The first-order chi connectivity index (χ1) is 19.6. The van der Waals surface area contributed by atoms with E-state index in [-0.39, 0.29) is 11.5 Å². The molecule has 2 saturated carbocycles. The predicted octanol–water partition coefficient (Wildman–Crippen LogP) is 6.34. The third kappa shape index (κ3) is 4.43. The molecule has 0 radical (unpaired) electrons. The van der Waals surface area contributed by atoms with Crippen LogP contribution in [0.2, 0.25) is 0 Å². The van der Waals surface area contributed by atoms with Crippen molar-refractivity contribution in [3.05, 3.63) is 53.1 Å². The maximum atomic E-state index is 11.3. The number of phenols is 1. The van der Waals surface area contributed by atoms with E-state index in [2.05, 4.69) is 47.1 Å². The van der Waals surface area contributed by atoms with Crippen LogP contribution >= 0.6 is 0 Å². The van der Waals surface area contributed by atoms with Gasteiger partial charge in [0.15, 0.2) is 11.5 Å². The van der Waals surface area contributed by atoms with Crippen molar-refractivity contribution in [3.63, 3.8) is 0 Å². The smallest absolute Gasteiger partial charge is 0.166 e. The largest absolute Gasteiger partial charge is 0.508 e. The topological polar surface area (TPSA) is 45.2 Å². The van der Waals surface area contributed by atoms with E-state index in [1.54, 1.807) is 7.11 Å². The number of ether oxygens (including phenoxy) is 2. The zero-order valence-corrected chi connectivity index (χ0v) is 24.6. The van der Waals surface area contributed by atoms with Gasteiger partial charge >= 0.3 is 0 Å². The zero-order valence-electron chi connectivity index (χ0n) is 24.6. The number of rotatable bonds is 12. The summed E-state index contributed by atoms with van der Waals surface area (Å²) < 4.78 is 12.9. The number of unbranched alkanes of at least 4 members (excludes halogenated alkanes) is 3. The molecule has 2 bridgehead atoms. The van der Waals surface area contributed by atoms with E-state index >= 15 is 0 Å². The normalized spacial score (nSPS) is 30.3. The lowest BCUT2D eigenvalue weighted by Gasteiger charge is -2.60. The minimum atomic E-state index is 0.00563. The molecule has 0 aromatic heterocycles. The molecule has 3 fully saturated rings. The van der Waals surface area contributed by atoms with Gasteiger partial charge in [-0.15, -0.1) is 0 Å². The monoisotopic (exact) mass is 544 g/mol. The summed E-state index contributed by atoms with van der Waals surface area (Å²) in [5, 5.41) is 11.3. The molecule has 1 saturated heterocycles. The molecule has 2 aromatic carbocycles. The fourth-order valence-corrected chi connectivity index (χ4v) is 9.24. The molecular formula is C35H48N2O3. The molecule has 216 valence electrons. The minimum absolute atomic E-state index is 0.00563. The van der Waals surface area contributed by atoms with Crippen LogP contribution in [0.1, 0.15) is 81.4 Å². The molecule has 5 aliphatic rings. The number of hydrogen-bond acceptors (Lipinski definition) is 5. The Kier molecular flexibility index (Phi) is 7.24. The van der Waals surface area contributed by atoms with Crippen LogP contribution in [0.15, 0.2) is 36.4 Å². The Morgan fingerprint density at radius 2 is 1.90 bits per heavy atom. The summed E-state index contributed by atoms with van der Waals surface area (Å²) in [6, 6.07) is 13.7. The molecule has 40 heavy (non-hydrogen) atoms. The summed E-state index contributed by atoms with van der Waals surface area (Å²) in [5.41, 5.74) is 3.94. The van der Waals surface area contributed by atoms with Gasteiger partial charge in [-0.05, 0) is 94.8 Å². The van der Waals surface area contributed by atoms with Crippen LogP contribution < -0.4 is 9.47 Å². The van der Waals surface area contributed by atoms with Gasteiger partial charge in [0.2, 0.25) is 0 Å². The van der Waals surface area contributed by atoms with E-state index in [1.165, 1.54) is 75.5 Å². The van der Waals surface area contributed by atoms with E-state index in [1.807, 2.05) is 6.07 Å². The van der Waals surface area contributed by atoms with Gasteiger partial charge in [-0.25, -0.2) is 0 Å². The Bertz CT molecular complexity index is 1200. The summed E-state index contributed by atoms with van der Waals surface area (Å²) in [5.74, 6) is 3.59. The summed E-state index contributed by atoms with van der Waals surface area (Å²) in [7, 11) is 1.72. The SMILES string of the molecule is CCN(CCCCCCc1ccccc1)[C@H]1CC[C@H]2[C@H]3Cc4c(O)cc(OC)c5c4[C@@]2(CCN3CC2CC2)[C@H]1O5. The second-order valence-corrected chi connectivity index (χ2v) is 13.3. The van der Waals surface area contributed by atoms with E-state index in [9.17, 15) is 5.11 Å². The zero-order chi connectivity index (χ0) is 27.3. The van der Waals surface area contributed by atoms with Crippen LogP contribution in [0.5, 0.6) is 17.2 Å². The highest BCUT2D eigenvalue weighted by molar-refractivity contribution is 5.65. The fourth-order valence-electron chi connectivity index (χ4n) is 9.24. The van der Waals surface area contributed by atoms with Crippen LogP contribution in [0.3, 0.4) is 0 Å². The molecule has 2 aliphatic heterocycles. The first kappa shape index (κ1) is 26.6. The van der Waals surface area contributed by atoms with Gasteiger partial charge in [-0.1, -0.05) is 50.1 Å². The van der Waals surface area contributed by atoms with Crippen LogP contribution in [0, 0.1) is 11.8 Å². The summed E-state index contributed by atoms with van der Waals surface area (Å²) in [6.07, 6.45) is 13.8. The Balaban J connectivity index is 1.10. The lowest BCUT2D eigenvalue weighted by molar-refractivity contribution is -0.0889. The second kappa shape index (κ2) is 10.9. The highest BCUT2D eigenvalue weighted by atomic mass is 16.5. The summed E-state index contributed by atoms with van der Waals surface area (Å²) in [6.45, 7) is 6.96. The molecule has 1 N–H and O–H groups in total.